The van der Waals surface area contributed by atoms with E-state index in [-0.39, 0.29) is 6.04 Å². The van der Waals surface area contributed by atoms with Crippen LogP contribution in [0.15, 0.2) is 45.5 Å². The molecule has 0 amide bonds. The lowest BCUT2D eigenvalue weighted by atomic mass is 10.0. The van der Waals surface area contributed by atoms with Gasteiger partial charge in [-0.1, -0.05) is 40.5 Å². The van der Waals surface area contributed by atoms with Crippen LogP contribution in [-0.4, -0.2) is 6.54 Å². The predicted octanol–water partition coefficient (Wildman–Crippen LogP) is 4.78. The zero-order chi connectivity index (χ0) is 13.0. The number of hydrogen-bond acceptors (Lipinski definition) is 2. The molecule has 0 saturated heterocycles. The molecule has 0 fully saturated rings. The van der Waals surface area contributed by atoms with Crippen LogP contribution in [-0.2, 0) is 0 Å². The molecule has 2 nitrogen and oxygen atoms in total. The largest absolute Gasteiger partial charge is 0.467 e. The summed E-state index contributed by atoms with van der Waals surface area (Å²) in [6.45, 7) is 3.07. The molecule has 0 spiro atoms. The first-order valence-corrected chi connectivity index (χ1v) is 7.11. The molecule has 1 unspecified atom stereocenters. The van der Waals surface area contributed by atoms with E-state index < -0.39 is 0 Å². The molecule has 1 N–H and O–H groups in total. The fourth-order valence-electron chi connectivity index (χ4n) is 1.84. The molecule has 1 heterocycles. The Labute approximate surface area is 120 Å². The third-order valence-electron chi connectivity index (χ3n) is 2.70. The van der Waals surface area contributed by atoms with Crippen molar-refractivity contribution in [1.29, 1.82) is 0 Å². The maximum atomic E-state index is 5.98. The van der Waals surface area contributed by atoms with Gasteiger partial charge in [0, 0.05) is 9.50 Å². The highest BCUT2D eigenvalue weighted by molar-refractivity contribution is 9.10. The van der Waals surface area contributed by atoms with E-state index in [4.69, 9.17) is 16.0 Å². The van der Waals surface area contributed by atoms with Gasteiger partial charge in [0.25, 0.3) is 0 Å². The highest BCUT2D eigenvalue weighted by Gasteiger charge is 2.18. The molecule has 0 radical (unpaired) electrons. The molecule has 1 aromatic carbocycles. The molecule has 0 aliphatic carbocycles. The summed E-state index contributed by atoms with van der Waals surface area (Å²) < 4.78 is 6.50. The summed E-state index contributed by atoms with van der Waals surface area (Å²) in [6, 6.07) is 9.74. The van der Waals surface area contributed by atoms with E-state index in [1.54, 1.807) is 6.26 Å². The van der Waals surface area contributed by atoms with Gasteiger partial charge in [-0.05, 0) is 42.8 Å². The van der Waals surface area contributed by atoms with Crippen molar-refractivity contribution in [1.82, 2.24) is 5.32 Å². The number of halogens is 2. The van der Waals surface area contributed by atoms with E-state index >= 15 is 0 Å². The molecule has 0 saturated carbocycles. The minimum absolute atomic E-state index is 0.0478. The van der Waals surface area contributed by atoms with Gasteiger partial charge in [0.1, 0.15) is 5.76 Å². The number of nitrogens with one attached hydrogen (secondary N) is 1. The monoisotopic (exact) mass is 327 g/mol. The van der Waals surface area contributed by atoms with E-state index in [9.17, 15) is 0 Å². The molecule has 0 bridgehead atoms. The quantitative estimate of drug-likeness (QED) is 0.854. The van der Waals surface area contributed by atoms with Gasteiger partial charge in [0.2, 0.25) is 0 Å². The van der Waals surface area contributed by atoms with Crippen molar-refractivity contribution < 1.29 is 4.42 Å². The lowest BCUT2D eigenvalue weighted by molar-refractivity contribution is 0.446. The van der Waals surface area contributed by atoms with Crippen LogP contribution in [0.5, 0.6) is 0 Å². The van der Waals surface area contributed by atoms with Gasteiger partial charge in [-0.2, -0.15) is 0 Å². The van der Waals surface area contributed by atoms with E-state index in [0.717, 1.165) is 33.8 Å². The fourth-order valence-corrected chi connectivity index (χ4v) is 2.76. The maximum Gasteiger partial charge on any atom is 0.125 e. The second kappa shape index (κ2) is 6.41. The highest BCUT2D eigenvalue weighted by atomic mass is 79.9. The maximum absolute atomic E-state index is 5.98. The van der Waals surface area contributed by atoms with E-state index in [1.807, 2.05) is 30.3 Å². The van der Waals surface area contributed by atoms with Gasteiger partial charge in [-0.25, -0.2) is 0 Å². The summed E-state index contributed by atoms with van der Waals surface area (Å²) in [5.74, 6) is 0.909. The number of hydrogen-bond donors (Lipinski definition) is 1. The van der Waals surface area contributed by atoms with Gasteiger partial charge in [0.15, 0.2) is 0 Å². The van der Waals surface area contributed by atoms with Gasteiger partial charge in [-0.15, -0.1) is 0 Å². The van der Waals surface area contributed by atoms with Crippen LogP contribution in [0.3, 0.4) is 0 Å². The standard InChI is InChI=1S/C14H15BrClNO/c1-2-7-17-14(13-4-3-8-18-13)11-6-5-10(16)9-12(11)15/h3-6,8-9,14,17H,2,7H2,1H3. The Morgan fingerprint density at radius 3 is 2.83 bits per heavy atom. The molecule has 2 rings (SSSR count). The lowest BCUT2D eigenvalue weighted by Crippen LogP contribution is -2.23. The third kappa shape index (κ3) is 3.16. The summed E-state index contributed by atoms with van der Waals surface area (Å²) in [5.41, 5.74) is 1.13. The van der Waals surface area contributed by atoms with Crippen molar-refractivity contribution in [3.63, 3.8) is 0 Å². The SMILES string of the molecule is CCCNC(c1ccco1)c1ccc(Cl)cc1Br. The molecule has 4 heteroatoms. The van der Waals surface area contributed by atoms with Crippen LogP contribution in [0, 0.1) is 0 Å². The van der Waals surface area contributed by atoms with Gasteiger partial charge >= 0.3 is 0 Å². The number of furan rings is 1. The van der Waals surface area contributed by atoms with Crippen LogP contribution < -0.4 is 5.32 Å². The Balaban J connectivity index is 2.33. The molecule has 0 aliphatic heterocycles. The first kappa shape index (κ1) is 13.7. The van der Waals surface area contributed by atoms with Crippen molar-refractivity contribution in [2.24, 2.45) is 0 Å². The summed E-state index contributed by atoms with van der Waals surface area (Å²) in [5, 5.41) is 4.20. The molecule has 1 aromatic heterocycles. The molecule has 1 atom stereocenters. The van der Waals surface area contributed by atoms with Gasteiger partial charge in [-0.3, -0.25) is 0 Å². The molecule has 2 aromatic rings. The average molecular weight is 329 g/mol. The summed E-state index contributed by atoms with van der Waals surface area (Å²) >= 11 is 9.54. The van der Waals surface area contributed by atoms with Crippen LogP contribution in [0.2, 0.25) is 5.02 Å². The Morgan fingerprint density at radius 2 is 2.22 bits per heavy atom. The van der Waals surface area contributed by atoms with Gasteiger partial charge < -0.3 is 9.73 Å². The first-order valence-electron chi connectivity index (χ1n) is 5.94. The summed E-state index contributed by atoms with van der Waals surface area (Å²) in [7, 11) is 0. The fraction of sp³-hybridized carbons (Fsp3) is 0.286. The third-order valence-corrected chi connectivity index (χ3v) is 3.62. The molecular formula is C14H15BrClNO. The van der Waals surface area contributed by atoms with Crippen LogP contribution in [0.4, 0.5) is 0 Å². The average Bonchev–Trinajstić information content (AvgIpc) is 2.85. The minimum Gasteiger partial charge on any atom is -0.467 e. The Kier molecular flexibility index (Phi) is 4.87. The number of benzene rings is 1. The molecule has 0 aliphatic rings. The second-order valence-electron chi connectivity index (χ2n) is 4.07. The summed E-state index contributed by atoms with van der Waals surface area (Å²) in [6.07, 6.45) is 2.77. The molecular weight excluding hydrogens is 314 g/mol. The minimum atomic E-state index is 0.0478. The van der Waals surface area contributed by atoms with Crippen molar-refractivity contribution >= 4 is 27.5 Å². The first-order chi connectivity index (χ1) is 8.72. The Morgan fingerprint density at radius 1 is 1.39 bits per heavy atom. The van der Waals surface area contributed by atoms with Crippen molar-refractivity contribution in [3.8, 4) is 0 Å². The van der Waals surface area contributed by atoms with E-state index in [2.05, 4.69) is 28.2 Å². The molecule has 18 heavy (non-hydrogen) atoms. The zero-order valence-corrected chi connectivity index (χ0v) is 12.5. The Hall–Kier alpha value is -0.770. The van der Waals surface area contributed by atoms with Crippen molar-refractivity contribution in [2.45, 2.75) is 19.4 Å². The Bertz CT molecular complexity index is 499. The van der Waals surface area contributed by atoms with Crippen molar-refractivity contribution in [2.75, 3.05) is 6.54 Å². The topological polar surface area (TPSA) is 25.2 Å². The van der Waals surface area contributed by atoms with Gasteiger partial charge in [0.05, 0.1) is 12.3 Å². The lowest BCUT2D eigenvalue weighted by Gasteiger charge is -2.18. The highest BCUT2D eigenvalue weighted by Crippen LogP contribution is 2.30. The second-order valence-corrected chi connectivity index (χ2v) is 5.36. The number of rotatable bonds is 5. The zero-order valence-electron chi connectivity index (χ0n) is 10.1. The summed E-state index contributed by atoms with van der Waals surface area (Å²) in [4.78, 5) is 0. The van der Waals surface area contributed by atoms with E-state index in [1.165, 1.54) is 0 Å². The predicted molar refractivity (Wildman–Crippen MR) is 78.0 cm³/mol. The van der Waals surface area contributed by atoms with Crippen LogP contribution in [0.25, 0.3) is 0 Å². The normalized spacial score (nSPS) is 12.6. The molecule has 96 valence electrons. The van der Waals surface area contributed by atoms with Crippen LogP contribution >= 0.6 is 27.5 Å². The van der Waals surface area contributed by atoms with E-state index in [0.29, 0.717) is 0 Å². The van der Waals surface area contributed by atoms with Crippen LogP contribution in [0.1, 0.15) is 30.7 Å². The van der Waals surface area contributed by atoms with Crippen molar-refractivity contribution in [3.05, 3.63) is 57.4 Å². The smallest absolute Gasteiger partial charge is 0.125 e.